The normalized spacial score (nSPS) is 18.6. The van der Waals surface area contributed by atoms with Crippen molar-refractivity contribution in [2.24, 2.45) is 5.73 Å². The minimum absolute atomic E-state index is 0. The number of nitrogens with two attached hydrogens (primary N) is 1. The van der Waals surface area contributed by atoms with Crippen molar-refractivity contribution in [2.45, 2.75) is 23.8 Å². The van der Waals surface area contributed by atoms with Gasteiger partial charge in [-0.1, -0.05) is 12.1 Å². The number of rotatable bonds is 2. The van der Waals surface area contributed by atoms with Gasteiger partial charge in [0.25, 0.3) is 5.91 Å². The summed E-state index contributed by atoms with van der Waals surface area (Å²) in [6.45, 7) is 0.872. The third-order valence-electron chi connectivity index (χ3n) is 4.99. The summed E-state index contributed by atoms with van der Waals surface area (Å²) in [6, 6.07) is 8.66. The van der Waals surface area contributed by atoms with Gasteiger partial charge >= 0.3 is 0 Å². The van der Waals surface area contributed by atoms with E-state index in [1.165, 1.54) is 4.31 Å². The fourth-order valence-electron chi connectivity index (χ4n) is 3.59. The summed E-state index contributed by atoms with van der Waals surface area (Å²) in [5.41, 5.74) is 7.20. The molecular weight excluding hydrogens is 362 g/mol. The van der Waals surface area contributed by atoms with Crippen LogP contribution in [0.15, 0.2) is 35.2 Å². The van der Waals surface area contributed by atoms with Crippen molar-refractivity contribution in [1.29, 1.82) is 0 Å². The summed E-state index contributed by atoms with van der Waals surface area (Å²) in [7, 11) is -1.90. The molecule has 8 heteroatoms. The topological polar surface area (TPSA) is 83.7 Å². The monoisotopic (exact) mass is 381 g/mol. The Hall–Kier alpha value is -1.67. The quantitative estimate of drug-likeness (QED) is 0.861. The molecule has 0 aromatic heterocycles. The van der Waals surface area contributed by atoms with Gasteiger partial charge < -0.3 is 10.6 Å². The van der Waals surface area contributed by atoms with Gasteiger partial charge in [-0.2, -0.15) is 4.31 Å². The van der Waals surface area contributed by atoms with Gasteiger partial charge in [-0.05, 0) is 31.0 Å². The van der Waals surface area contributed by atoms with Crippen LogP contribution >= 0.6 is 12.4 Å². The van der Waals surface area contributed by atoms with Gasteiger partial charge in [0.15, 0.2) is 0 Å². The predicted molar refractivity (Wildman–Crippen MR) is 99.9 cm³/mol. The lowest BCUT2D eigenvalue weighted by molar-refractivity contribution is 0.0999. The summed E-state index contributed by atoms with van der Waals surface area (Å²) in [6.07, 6.45) is 1.34. The molecule has 6 nitrogen and oxygen atoms in total. The van der Waals surface area contributed by atoms with E-state index >= 15 is 0 Å². The summed E-state index contributed by atoms with van der Waals surface area (Å²) in [5, 5.41) is 1.33. The minimum Gasteiger partial charge on any atom is -0.328 e. The van der Waals surface area contributed by atoms with Crippen molar-refractivity contribution < 1.29 is 13.2 Å². The molecule has 0 saturated carbocycles. The Morgan fingerprint density at radius 3 is 2.48 bits per heavy atom. The number of sulfonamides is 1. The second-order valence-corrected chi connectivity index (χ2v) is 8.32. The second kappa shape index (κ2) is 6.25. The summed E-state index contributed by atoms with van der Waals surface area (Å²) in [5.74, 6) is -0.103. The molecule has 2 aromatic rings. The molecule has 2 aromatic carbocycles. The Morgan fingerprint density at radius 1 is 1.12 bits per heavy atom. The van der Waals surface area contributed by atoms with Crippen LogP contribution in [0.2, 0.25) is 0 Å². The number of hydrogen-bond acceptors (Lipinski definition) is 4. The molecule has 0 unspecified atom stereocenters. The van der Waals surface area contributed by atoms with E-state index in [1.807, 2.05) is 0 Å². The van der Waals surface area contributed by atoms with Crippen LogP contribution < -0.4 is 10.6 Å². The van der Waals surface area contributed by atoms with E-state index in [9.17, 15) is 13.2 Å². The third kappa shape index (κ3) is 2.62. The third-order valence-corrected chi connectivity index (χ3v) is 6.95. The van der Waals surface area contributed by atoms with Crippen LogP contribution in [0.25, 0.3) is 10.8 Å². The largest absolute Gasteiger partial charge is 0.328 e. The standard InChI is InChI=1S/C17H19N3O3S.ClH/c1-19-14-5-6-15(12-3-2-4-13(16(12)14)17(19)21)24(22,23)20-9-7-11(18)8-10-20;/h2-6,11H,7-10,18H2,1H3;1H. The molecule has 0 aliphatic carbocycles. The first kappa shape index (κ1) is 18.1. The average Bonchev–Trinajstić information content (AvgIpc) is 2.82. The molecule has 2 aliphatic heterocycles. The fraction of sp³-hybridized carbons (Fsp3) is 0.353. The molecule has 25 heavy (non-hydrogen) atoms. The maximum absolute atomic E-state index is 13.1. The summed E-state index contributed by atoms with van der Waals surface area (Å²) in [4.78, 5) is 14.2. The lowest BCUT2D eigenvalue weighted by Crippen LogP contribution is -2.42. The number of amides is 1. The van der Waals surface area contributed by atoms with Crippen LogP contribution in [0.3, 0.4) is 0 Å². The molecule has 134 valence electrons. The minimum atomic E-state index is -3.60. The molecule has 0 bridgehead atoms. The van der Waals surface area contributed by atoms with E-state index in [2.05, 4.69) is 0 Å². The number of nitrogens with zero attached hydrogens (tertiary/aromatic N) is 2. The van der Waals surface area contributed by atoms with Crippen molar-refractivity contribution >= 4 is 44.8 Å². The number of carbonyl (C=O) groups is 1. The van der Waals surface area contributed by atoms with Crippen LogP contribution in [0.4, 0.5) is 5.69 Å². The zero-order valence-corrected chi connectivity index (χ0v) is 15.4. The van der Waals surface area contributed by atoms with Gasteiger partial charge in [0.2, 0.25) is 10.0 Å². The van der Waals surface area contributed by atoms with Crippen molar-refractivity contribution in [3.63, 3.8) is 0 Å². The zero-order valence-electron chi connectivity index (χ0n) is 13.8. The summed E-state index contributed by atoms with van der Waals surface area (Å²) < 4.78 is 27.7. The molecule has 1 saturated heterocycles. The van der Waals surface area contributed by atoms with E-state index in [-0.39, 0.29) is 29.3 Å². The fourth-order valence-corrected chi connectivity index (χ4v) is 5.25. The second-order valence-electron chi connectivity index (χ2n) is 6.42. The van der Waals surface area contributed by atoms with E-state index < -0.39 is 10.0 Å². The van der Waals surface area contributed by atoms with Crippen molar-refractivity contribution in [2.75, 3.05) is 25.0 Å². The number of benzene rings is 2. The lowest BCUT2D eigenvalue weighted by Gasteiger charge is -2.29. The first-order chi connectivity index (χ1) is 11.4. The maximum atomic E-state index is 13.1. The first-order valence-corrected chi connectivity index (χ1v) is 9.45. The Labute approximate surface area is 153 Å². The smallest absolute Gasteiger partial charge is 0.258 e. The van der Waals surface area contributed by atoms with Gasteiger partial charge in [-0.3, -0.25) is 4.79 Å². The highest BCUT2D eigenvalue weighted by Gasteiger charge is 2.33. The van der Waals surface area contributed by atoms with Crippen molar-refractivity contribution in [3.8, 4) is 0 Å². The molecule has 1 fully saturated rings. The molecular formula is C17H20ClN3O3S. The highest BCUT2D eigenvalue weighted by atomic mass is 35.5. The molecule has 1 amide bonds. The van der Waals surface area contributed by atoms with Crippen molar-refractivity contribution in [3.05, 3.63) is 35.9 Å². The van der Waals surface area contributed by atoms with Crippen LogP contribution in [0.5, 0.6) is 0 Å². The Balaban J connectivity index is 0.00000182. The highest BCUT2D eigenvalue weighted by molar-refractivity contribution is 7.89. The molecule has 0 radical (unpaired) electrons. The Kier molecular flexibility index (Phi) is 4.53. The Morgan fingerprint density at radius 2 is 1.80 bits per heavy atom. The molecule has 4 rings (SSSR count). The van der Waals surface area contributed by atoms with Crippen LogP contribution in [-0.4, -0.2) is 44.8 Å². The first-order valence-electron chi connectivity index (χ1n) is 8.01. The SMILES string of the molecule is CN1C(=O)c2cccc3c(S(=O)(=O)N4CCC(N)CC4)ccc1c23.Cl. The number of piperidine rings is 1. The van der Waals surface area contributed by atoms with E-state index in [0.717, 1.165) is 11.1 Å². The van der Waals surface area contributed by atoms with Gasteiger partial charge in [0, 0.05) is 42.5 Å². The summed E-state index contributed by atoms with van der Waals surface area (Å²) >= 11 is 0. The Bertz CT molecular complexity index is 953. The lowest BCUT2D eigenvalue weighted by atomic mass is 10.1. The highest BCUT2D eigenvalue weighted by Crippen LogP contribution is 2.40. The number of carbonyl (C=O) groups excluding carboxylic acids is 1. The number of halogens is 1. The van der Waals surface area contributed by atoms with Crippen LogP contribution in [0, 0.1) is 0 Å². The molecule has 0 atom stereocenters. The van der Waals surface area contributed by atoms with Gasteiger partial charge in [0.05, 0.1) is 10.6 Å². The van der Waals surface area contributed by atoms with Crippen LogP contribution in [-0.2, 0) is 10.0 Å². The number of anilines is 1. The van der Waals surface area contributed by atoms with Gasteiger partial charge in [-0.25, -0.2) is 8.42 Å². The maximum Gasteiger partial charge on any atom is 0.258 e. The van der Waals surface area contributed by atoms with Crippen molar-refractivity contribution in [1.82, 2.24) is 4.31 Å². The molecule has 2 heterocycles. The molecule has 0 spiro atoms. The van der Waals surface area contributed by atoms with Crippen LogP contribution in [0.1, 0.15) is 23.2 Å². The van der Waals surface area contributed by atoms with E-state index in [1.54, 1.807) is 42.3 Å². The number of hydrogen-bond donors (Lipinski definition) is 1. The average molecular weight is 382 g/mol. The molecule has 2 aliphatic rings. The van der Waals surface area contributed by atoms with E-state index in [4.69, 9.17) is 5.73 Å². The van der Waals surface area contributed by atoms with Gasteiger partial charge in [-0.15, -0.1) is 12.4 Å². The zero-order chi connectivity index (χ0) is 17.1. The predicted octanol–water partition coefficient (Wildman–Crippen LogP) is 1.96. The van der Waals surface area contributed by atoms with E-state index in [0.29, 0.717) is 36.9 Å². The van der Waals surface area contributed by atoms with Gasteiger partial charge in [0.1, 0.15) is 0 Å². The molecule has 2 N–H and O–H groups in total.